The third-order valence-electron chi connectivity index (χ3n) is 3.60. The standard InChI is InChI=1S/C16H18N2O2/c1-10(2)18-9-12(8-17-18)16-7-14(19)13-6-11(3)4-5-15(13)20-16/h4-6,8-10,16H,7H2,1-3H3. The first kappa shape index (κ1) is 12.9. The summed E-state index contributed by atoms with van der Waals surface area (Å²) in [5.41, 5.74) is 2.72. The fourth-order valence-electron chi connectivity index (χ4n) is 2.43. The largest absolute Gasteiger partial charge is 0.484 e. The highest BCUT2D eigenvalue weighted by molar-refractivity contribution is 6.00. The van der Waals surface area contributed by atoms with Crippen molar-refractivity contribution in [3.63, 3.8) is 0 Å². The van der Waals surface area contributed by atoms with Crippen LogP contribution in [-0.4, -0.2) is 15.6 Å². The van der Waals surface area contributed by atoms with Crippen LogP contribution >= 0.6 is 0 Å². The van der Waals surface area contributed by atoms with E-state index in [0.29, 0.717) is 23.8 Å². The number of ketones is 1. The molecule has 1 aliphatic rings. The molecule has 0 saturated heterocycles. The van der Waals surface area contributed by atoms with Crippen LogP contribution in [0.3, 0.4) is 0 Å². The summed E-state index contributed by atoms with van der Waals surface area (Å²) in [6.07, 6.45) is 3.89. The minimum absolute atomic E-state index is 0.136. The molecule has 0 amide bonds. The van der Waals surface area contributed by atoms with Gasteiger partial charge in [0.05, 0.1) is 18.2 Å². The van der Waals surface area contributed by atoms with Gasteiger partial charge in [0.25, 0.3) is 0 Å². The Bertz CT molecular complexity index is 658. The summed E-state index contributed by atoms with van der Waals surface area (Å²) in [5.74, 6) is 0.811. The molecule has 1 unspecified atom stereocenters. The predicted octanol–water partition coefficient (Wildman–Crippen LogP) is 3.48. The van der Waals surface area contributed by atoms with Crippen molar-refractivity contribution in [2.75, 3.05) is 0 Å². The quantitative estimate of drug-likeness (QED) is 0.839. The summed E-state index contributed by atoms with van der Waals surface area (Å²) >= 11 is 0. The predicted molar refractivity (Wildman–Crippen MR) is 76.1 cm³/mol. The molecule has 0 fully saturated rings. The summed E-state index contributed by atoms with van der Waals surface area (Å²) in [5, 5.41) is 4.31. The Kier molecular flexibility index (Phi) is 3.08. The fourth-order valence-corrected chi connectivity index (χ4v) is 2.43. The molecule has 1 aromatic heterocycles. The zero-order chi connectivity index (χ0) is 14.3. The monoisotopic (exact) mass is 270 g/mol. The number of benzene rings is 1. The topological polar surface area (TPSA) is 44.1 Å². The van der Waals surface area contributed by atoms with Gasteiger partial charge in [0.15, 0.2) is 5.78 Å². The Morgan fingerprint density at radius 2 is 2.20 bits per heavy atom. The van der Waals surface area contributed by atoms with E-state index >= 15 is 0 Å². The summed E-state index contributed by atoms with van der Waals surface area (Å²) in [4.78, 5) is 12.3. The Morgan fingerprint density at radius 3 is 2.90 bits per heavy atom. The molecule has 4 nitrogen and oxygen atoms in total. The van der Waals surface area contributed by atoms with Crippen LogP contribution in [-0.2, 0) is 0 Å². The number of carbonyl (C=O) groups excluding carboxylic acids is 1. The van der Waals surface area contributed by atoms with Gasteiger partial charge in [0.1, 0.15) is 11.9 Å². The Morgan fingerprint density at radius 1 is 1.40 bits per heavy atom. The lowest BCUT2D eigenvalue weighted by Crippen LogP contribution is -2.20. The van der Waals surface area contributed by atoms with E-state index in [2.05, 4.69) is 18.9 Å². The van der Waals surface area contributed by atoms with Crippen LogP contribution in [0.5, 0.6) is 5.75 Å². The van der Waals surface area contributed by atoms with Gasteiger partial charge < -0.3 is 4.74 Å². The molecule has 2 aromatic rings. The van der Waals surface area contributed by atoms with Crippen molar-refractivity contribution in [2.24, 2.45) is 0 Å². The lowest BCUT2D eigenvalue weighted by Gasteiger charge is -2.24. The molecule has 0 spiro atoms. The van der Waals surface area contributed by atoms with Gasteiger partial charge >= 0.3 is 0 Å². The smallest absolute Gasteiger partial charge is 0.170 e. The van der Waals surface area contributed by atoms with Gasteiger partial charge in [-0.2, -0.15) is 5.10 Å². The highest BCUT2D eigenvalue weighted by Crippen LogP contribution is 2.35. The lowest BCUT2D eigenvalue weighted by atomic mass is 9.97. The van der Waals surface area contributed by atoms with Gasteiger partial charge in [-0.25, -0.2) is 0 Å². The van der Waals surface area contributed by atoms with Gasteiger partial charge in [0, 0.05) is 17.8 Å². The molecule has 0 radical (unpaired) electrons. The van der Waals surface area contributed by atoms with Crippen LogP contribution in [0.2, 0.25) is 0 Å². The van der Waals surface area contributed by atoms with Gasteiger partial charge in [-0.05, 0) is 32.9 Å². The SMILES string of the molecule is Cc1ccc2c(c1)C(=O)CC(c1cnn(C(C)C)c1)O2. The average molecular weight is 270 g/mol. The first-order valence-corrected chi connectivity index (χ1v) is 6.89. The second-order valence-corrected chi connectivity index (χ2v) is 5.58. The first-order chi connectivity index (χ1) is 9.54. The minimum Gasteiger partial charge on any atom is -0.484 e. The van der Waals surface area contributed by atoms with Gasteiger partial charge in [-0.1, -0.05) is 11.6 Å². The van der Waals surface area contributed by atoms with Crippen LogP contribution < -0.4 is 4.74 Å². The number of nitrogens with zero attached hydrogens (tertiary/aromatic N) is 2. The number of hydrogen-bond acceptors (Lipinski definition) is 3. The van der Waals surface area contributed by atoms with Crippen molar-refractivity contribution in [3.8, 4) is 5.75 Å². The van der Waals surface area contributed by atoms with Gasteiger partial charge in [-0.3, -0.25) is 9.48 Å². The Labute approximate surface area is 118 Å². The van der Waals surface area contributed by atoms with Crippen molar-refractivity contribution in [3.05, 3.63) is 47.3 Å². The van der Waals surface area contributed by atoms with E-state index in [1.165, 1.54) is 0 Å². The number of aryl methyl sites for hydroxylation is 1. The first-order valence-electron chi connectivity index (χ1n) is 6.89. The molecule has 0 N–H and O–H groups in total. The summed E-state index contributed by atoms with van der Waals surface area (Å²) < 4.78 is 7.85. The fraction of sp³-hybridized carbons (Fsp3) is 0.375. The molecule has 0 bridgehead atoms. The molecule has 3 rings (SSSR count). The van der Waals surface area contributed by atoms with E-state index < -0.39 is 0 Å². The zero-order valence-corrected chi connectivity index (χ0v) is 12.0. The molecule has 1 aliphatic heterocycles. The molecule has 1 atom stereocenters. The summed E-state index contributed by atoms with van der Waals surface area (Å²) in [7, 11) is 0. The maximum Gasteiger partial charge on any atom is 0.170 e. The number of ether oxygens (including phenoxy) is 1. The van der Waals surface area contributed by atoms with E-state index in [1.54, 1.807) is 6.20 Å². The number of carbonyl (C=O) groups is 1. The highest BCUT2D eigenvalue weighted by Gasteiger charge is 2.28. The molecule has 2 heterocycles. The molecule has 104 valence electrons. The second-order valence-electron chi connectivity index (χ2n) is 5.58. The Hall–Kier alpha value is -2.10. The van der Waals surface area contributed by atoms with Crippen LogP contribution in [0.25, 0.3) is 0 Å². The van der Waals surface area contributed by atoms with E-state index in [-0.39, 0.29) is 11.9 Å². The average Bonchev–Trinajstić information content (AvgIpc) is 2.89. The number of Topliss-reactive ketones (excluding diaryl/α,β-unsaturated/α-hetero) is 1. The van der Waals surface area contributed by atoms with Crippen molar-refractivity contribution in [1.82, 2.24) is 9.78 Å². The van der Waals surface area contributed by atoms with Gasteiger partial charge in [-0.15, -0.1) is 0 Å². The molecule has 4 heteroatoms. The van der Waals surface area contributed by atoms with Crippen LogP contribution in [0.15, 0.2) is 30.6 Å². The van der Waals surface area contributed by atoms with Crippen molar-refractivity contribution >= 4 is 5.78 Å². The normalized spacial score (nSPS) is 18.0. The van der Waals surface area contributed by atoms with E-state index in [9.17, 15) is 4.79 Å². The molecular formula is C16H18N2O2. The van der Waals surface area contributed by atoms with E-state index in [0.717, 1.165) is 11.1 Å². The van der Waals surface area contributed by atoms with Crippen LogP contribution in [0.4, 0.5) is 0 Å². The maximum atomic E-state index is 12.3. The zero-order valence-electron chi connectivity index (χ0n) is 12.0. The molecule has 20 heavy (non-hydrogen) atoms. The molecule has 0 aliphatic carbocycles. The summed E-state index contributed by atoms with van der Waals surface area (Å²) in [6.45, 7) is 6.12. The number of hydrogen-bond donors (Lipinski definition) is 0. The third kappa shape index (κ3) is 2.22. The van der Waals surface area contributed by atoms with Crippen LogP contribution in [0.1, 0.15) is 53.9 Å². The highest BCUT2D eigenvalue weighted by atomic mass is 16.5. The number of rotatable bonds is 2. The number of aromatic nitrogens is 2. The van der Waals surface area contributed by atoms with E-state index in [4.69, 9.17) is 4.74 Å². The molecular weight excluding hydrogens is 252 g/mol. The minimum atomic E-state index is -0.231. The van der Waals surface area contributed by atoms with Crippen LogP contribution in [0, 0.1) is 6.92 Å². The van der Waals surface area contributed by atoms with Crippen molar-refractivity contribution in [1.29, 1.82) is 0 Å². The summed E-state index contributed by atoms with van der Waals surface area (Å²) in [6, 6.07) is 6.04. The maximum absolute atomic E-state index is 12.3. The second kappa shape index (κ2) is 4.78. The third-order valence-corrected chi connectivity index (χ3v) is 3.60. The number of fused-ring (bicyclic) bond motifs is 1. The Balaban J connectivity index is 1.90. The van der Waals surface area contributed by atoms with E-state index in [1.807, 2.05) is 36.0 Å². The molecule has 0 saturated carbocycles. The van der Waals surface area contributed by atoms with Crippen molar-refractivity contribution in [2.45, 2.75) is 39.3 Å². The lowest BCUT2D eigenvalue weighted by molar-refractivity contribution is 0.0850. The van der Waals surface area contributed by atoms with Crippen molar-refractivity contribution < 1.29 is 9.53 Å². The van der Waals surface area contributed by atoms with Gasteiger partial charge in [0.2, 0.25) is 0 Å². The molecule has 1 aromatic carbocycles.